The van der Waals surface area contributed by atoms with Crippen molar-refractivity contribution in [3.63, 3.8) is 0 Å². The molecule has 7 nitrogen and oxygen atoms in total. The predicted molar refractivity (Wildman–Crippen MR) is 72.3 cm³/mol. The molecule has 8 heteroatoms. The number of hydrogen-bond donors (Lipinski definition) is 2. The number of aromatic nitrogens is 2. The summed E-state index contributed by atoms with van der Waals surface area (Å²) in [6, 6.07) is 1.76. The van der Waals surface area contributed by atoms with E-state index in [0.717, 1.165) is 0 Å². The summed E-state index contributed by atoms with van der Waals surface area (Å²) in [7, 11) is 3.02. The maximum Gasteiger partial charge on any atom is 0.244 e. The Bertz CT molecular complexity index is 406. The maximum absolute atomic E-state index is 11.5. The van der Waals surface area contributed by atoms with Gasteiger partial charge in [0.15, 0.2) is 5.16 Å². The zero-order chi connectivity index (χ0) is 14.3. The van der Waals surface area contributed by atoms with E-state index in [4.69, 9.17) is 9.47 Å². The van der Waals surface area contributed by atoms with Crippen LogP contribution in [-0.2, 0) is 4.79 Å². The molecule has 0 atom stereocenters. The lowest BCUT2D eigenvalue weighted by molar-refractivity contribution is -0.119. The lowest BCUT2D eigenvalue weighted by Gasteiger charge is -2.09. The van der Waals surface area contributed by atoms with E-state index >= 15 is 0 Å². The van der Waals surface area contributed by atoms with Crippen LogP contribution >= 0.6 is 11.8 Å². The zero-order valence-corrected chi connectivity index (χ0v) is 12.2. The van der Waals surface area contributed by atoms with Crippen LogP contribution in [0.2, 0.25) is 0 Å². The molecule has 1 rings (SSSR count). The molecular formula is C11H18N4O3S. The van der Waals surface area contributed by atoms with Gasteiger partial charge in [0, 0.05) is 6.04 Å². The summed E-state index contributed by atoms with van der Waals surface area (Å²) >= 11 is 1.21. The number of ether oxygens (including phenoxy) is 2. The second kappa shape index (κ2) is 7.80. The highest BCUT2D eigenvalue weighted by Gasteiger charge is 2.09. The van der Waals surface area contributed by atoms with Gasteiger partial charge in [-0.1, -0.05) is 11.8 Å². The van der Waals surface area contributed by atoms with Gasteiger partial charge < -0.3 is 9.47 Å². The third-order valence-corrected chi connectivity index (χ3v) is 2.76. The molecule has 0 saturated carbocycles. The molecule has 0 aliphatic rings. The Hall–Kier alpha value is -1.54. The van der Waals surface area contributed by atoms with Crippen LogP contribution in [0.1, 0.15) is 13.8 Å². The van der Waals surface area contributed by atoms with Crippen molar-refractivity contribution in [3.8, 4) is 11.8 Å². The van der Waals surface area contributed by atoms with Gasteiger partial charge in [0.05, 0.1) is 26.0 Å². The Balaban J connectivity index is 2.54. The summed E-state index contributed by atoms with van der Waals surface area (Å²) in [5.41, 5.74) is 5.41. The van der Waals surface area contributed by atoms with Crippen LogP contribution in [0, 0.1) is 0 Å². The quantitative estimate of drug-likeness (QED) is 0.431. The average molecular weight is 286 g/mol. The molecule has 0 spiro atoms. The molecular weight excluding hydrogens is 268 g/mol. The summed E-state index contributed by atoms with van der Waals surface area (Å²) < 4.78 is 10.1. The number of nitrogens with one attached hydrogen (secondary N) is 2. The minimum atomic E-state index is -0.149. The molecule has 1 aromatic rings. The number of methoxy groups -OCH3 is 2. The van der Waals surface area contributed by atoms with E-state index in [1.165, 1.54) is 26.0 Å². The highest BCUT2D eigenvalue weighted by atomic mass is 32.2. The molecule has 0 aliphatic heterocycles. The molecule has 1 aromatic heterocycles. The average Bonchev–Trinajstić information content (AvgIpc) is 2.42. The predicted octanol–water partition coefficient (Wildman–Crippen LogP) is 0.615. The van der Waals surface area contributed by atoms with Crippen molar-refractivity contribution < 1.29 is 14.3 Å². The number of nitrogens with zero attached hydrogens (tertiary/aromatic N) is 2. The van der Waals surface area contributed by atoms with Gasteiger partial charge in [0.25, 0.3) is 0 Å². The third kappa shape index (κ3) is 5.75. The van der Waals surface area contributed by atoms with Crippen molar-refractivity contribution in [2.75, 3.05) is 20.0 Å². The van der Waals surface area contributed by atoms with Crippen LogP contribution < -0.4 is 20.3 Å². The first kappa shape index (κ1) is 15.5. The van der Waals surface area contributed by atoms with E-state index in [0.29, 0.717) is 16.9 Å². The molecule has 106 valence electrons. The fraction of sp³-hybridized carbons (Fsp3) is 0.545. The molecule has 2 N–H and O–H groups in total. The molecule has 1 amide bonds. The minimum absolute atomic E-state index is 0.149. The summed E-state index contributed by atoms with van der Waals surface area (Å²) in [6.45, 7) is 3.87. The van der Waals surface area contributed by atoms with Crippen LogP contribution in [0.3, 0.4) is 0 Å². The van der Waals surface area contributed by atoms with Crippen LogP contribution in [0.25, 0.3) is 0 Å². The maximum atomic E-state index is 11.5. The lowest BCUT2D eigenvalue weighted by atomic mass is 10.4. The number of rotatable bonds is 7. The number of hydrogen-bond acceptors (Lipinski definition) is 7. The summed E-state index contributed by atoms with van der Waals surface area (Å²) in [5.74, 6) is 0.852. The smallest absolute Gasteiger partial charge is 0.244 e. The molecule has 0 aromatic carbocycles. The Labute approximate surface area is 116 Å². The first-order valence-electron chi connectivity index (χ1n) is 5.69. The normalized spacial score (nSPS) is 10.4. The van der Waals surface area contributed by atoms with Crippen molar-refractivity contribution in [3.05, 3.63) is 6.07 Å². The van der Waals surface area contributed by atoms with Crippen LogP contribution in [-0.4, -0.2) is 41.9 Å². The van der Waals surface area contributed by atoms with E-state index in [1.54, 1.807) is 6.07 Å². The van der Waals surface area contributed by atoms with Crippen molar-refractivity contribution in [1.82, 2.24) is 20.8 Å². The van der Waals surface area contributed by atoms with Crippen LogP contribution in [0.4, 0.5) is 0 Å². The van der Waals surface area contributed by atoms with E-state index < -0.39 is 0 Å². The SMILES string of the molecule is COc1cc(OC)nc(SCC(=O)NNC(C)C)n1. The molecule has 19 heavy (non-hydrogen) atoms. The highest BCUT2D eigenvalue weighted by Crippen LogP contribution is 2.21. The zero-order valence-electron chi connectivity index (χ0n) is 11.4. The fourth-order valence-corrected chi connectivity index (χ4v) is 1.69. The topological polar surface area (TPSA) is 85.4 Å². The second-order valence-electron chi connectivity index (χ2n) is 3.87. The van der Waals surface area contributed by atoms with Crippen molar-refractivity contribution in [2.24, 2.45) is 0 Å². The Morgan fingerprint density at radius 1 is 1.32 bits per heavy atom. The van der Waals surface area contributed by atoms with Gasteiger partial charge in [0.2, 0.25) is 17.7 Å². The molecule has 0 aliphatic carbocycles. The number of hydrazine groups is 1. The molecule has 0 radical (unpaired) electrons. The van der Waals surface area contributed by atoms with Gasteiger partial charge in [-0.3, -0.25) is 10.2 Å². The highest BCUT2D eigenvalue weighted by molar-refractivity contribution is 7.99. The van der Waals surface area contributed by atoms with Crippen molar-refractivity contribution >= 4 is 17.7 Å². The van der Waals surface area contributed by atoms with Gasteiger partial charge >= 0.3 is 0 Å². The van der Waals surface area contributed by atoms with Crippen molar-refractivity contribution in [1.29, 1.82) is 0 Å². The minimum Gasteiger partial charge on any atom is -0.481 e. The number of thioether (sulfide) groups is 1. The third-order valence-electron chi connectivity index (χ3n) is 1.91. The summed E-state index contributed by atoms with van der Waals surface area (Å²) in [4.78, 5) is 19.7. The van der Waals surface area contributed by atoms with E-state index in [9.17, 15) is 4.79 Å². The van der Waals surface area contributed by atoms with E-state index in [2.05, 4.69) is 20.8 Å². The van der Waals surface area contributed by atoms with Crippen LogP contribution in [0.15, 0.2) is 11.2 Å². The monoisotopic (exact) mass is 286 g/mol. The lowest BCUT2D eigenvalue weighted by Crippen LogP contribution is -2.42. The van der Waals surface area contributed by atoms with Gasteiger partial charge in [-0.05, 0) is 13.8 Å². The number of carbonyl (C=O) groups excluding carboxylic acids is 1. The molecule has 0 unspecified atom stereocenters. The number of carbonyl (C=O) groups is 1. The van der Waals surface area contributed by atoms with Crippen molar-refractivity contribution in [2.45, 2.75) is 25.0 Å². The molecule has 0 saturated heterocycles. The standard InChI is InChI=1S/C11H18N4O3S/c1-7(2)14-15-8(16)6-19-11-12-9(17-3)5-10(13-11)18-4/h5,7,14H,6H2,1-4H3,(H,15,16). The largest absolute Gasteiger partial charge is 0.481 e. The Morgan fingerprint density at radius 3 is 2.37 bits per heavy atom. The van der Waals surface area contributed by atoms with Gasteiger partial charge in [-0.25, -0.2) is 5.43 Å². The van der Waals surface area contributed by atoms with Gasteiger partial charge in [-0.2, -0.15) is 9.97 Å². The van der Waals surface area contributed by atoms with Crippen LogP contribution in [0.5, 0.6) is 11.8 Å². The molecule has 0 bridgehead atoms. The second-order valence-corrected chi connectivity index (χ2v) is 4.81. The first-order chi connectivity index (χ1) is 9.05. The Morgan fingerprint density at radius 2 is 1.89 bits per heavy atom. The van der Waals surface area contributed by atoms with Gasteiger partial charge in [0.1, 0.15) is 0 Å². The number of amides is 1. The molecule has 0 fully saturated rings. The van der Waals surface area contributed by atoms with Gasteiger partial charge in [-0.15, -0.1) is 0 Å². The Kier molecular flexibility index (Phi) is 6.37. The first-order valence-corrected chi connectivity index (χ1v) is 6.68. The molecule has 1 heterocycles. The summed E-state index contributed by atoms with van der Waals surface area (Å²) in [5, 5.41) is 0.427. The van der Waals surface area contributed by atoms with E-state index in [-0.39, 0.29) is 17.7 Å². The fourth-order valence-electron chi connectivity index (χ4n) is 1.05. The van der Waals surface area contributed by atoms with E-state index in [1.807, 2.05) is 13.8 Å². The summed E-state index contributed by atoms with van der Waals surface area (Å²) in [6.07, 6.45) is 0.